The molecule has 0 aromatic carbocycles. The van der Waals surface area contributed by atoms with E-state index >= 15 is 0 Å². The van der Waals surface area contributed by atoms with Gasteiger partial charge in [0.1, 0.15) is 5.60 Å². The number of esters is 1. The number of carbonyl (C=O) groups is 2. The monoisotopic (exact) mass is 270 g/mol. The summed E-state index contributed by atoms with van der Waals surface area (Å²) in [5.41, 5.74) is -0.515. The van der Waals surface area contributed by atoms with E-state index < -0.39 is 11.6 Å². The third-order valence-corrected chi connectivity index (χ3v) is 4.08. The van der Waals surface area contributed by atoms with Crippen LogP contribution in [0.4, 0.5) is 0 Å². The van der Waals surface area contributed by atoms with Gasteiger partial charge in [0.15, 0.2) is 0 Å². The molecule has 0 atom stereocenters. The van der Waals surface area contributed by atoms with Gasteiger partial charge in [-0.05, 0) is 58.3 Å². The van der Waals surface area contributed by atoms with Crippen molar-refractivity contribution in [3.05, 3.63) is 0 Å². The van der Waals surface area contributed by atoms with E-state index in [0.29, 0.717) is 19.3 Å². The minimum absolute atomic E-state index is 0.0612. The smallest absolute Gasteiger partial charge is 0.306 e. The second-order valence-corrected chi connectivity index (χ2v) is 6.73. The predicted molar refractivity (Wildman–Crippen MR) is 72.8 cm³/mol. The van der Waals surface area contributed by atoms with E-state index in [9.17, 15) is 9.59 Å². The molecule has 0 aromatic rings. The van der Waals surface area contributed by atoms with Gasteiger partial charge in [0.25, 0.3) is 0 Å². The van der Waals surface area contributed by atoms with E-state index in [0.717, 1.165) is 19.3 Å². The summed E-state index contributed by atoms with van der Waals surface area (Å²) in [5, 5.41) is 9.02. The van der Waals surface area contributed by atoms with Crippen LogP contribution in [0.15, 0.2) is 0 Å². The van der Waals surface area contributed by atoms with Crippen molar-refractivity contribution in [1.82, 2.24) is 0 Å². The molecule has 0 radical (unpaired) electrons. The van der Waals surface area contributed by atoms with Crippen LogP contribution in [0, 0.1) is 11.3 Å². The summed E-state index contributed by atoms with van der Waals surface area (Å²) in [7, 11) is 0. The van der Waals surface area contributed by atoms with Gasteiger partial charge >= 0.3 is 11.9 Å². The molecule has 1 rings (SSSR count). The molecule has 4 nitrogen and oxygen atoms in total. The molecular formula is C15H26O4. The van der Waals surface area contributed by atoms with Crippen LogP contribution in [0.1, 0.15) is 66.2 Å². The number of ether oxygens (including phenoxy) is 1. The van der Waals surface area contributed by atoms with Crippen molar-refractivity contribution >= 4 is 11.9 Å². The van der Waals surface area contributed by atoms with Crippen LogP contribution in [0.3, 0.4) is 0 Å². The molecule has 0 spiro atoms. The molecule has 0 aliphatic heterocycles. The van der Waals surface area contributed by atoms with Crippen LogP contribution in [-0.4, -0.2) is 22.6 Å². The quantitative estimate of drug-likeness (QED) is 0.795. The topological polar surface area (TPSA) is 63.6 Å². The van der Waals surface area contributed by atoms with Gasteiger partial charge in [-0.3, -0.25) is 9.59 Å². The first-order valence-corrected chi connectivity index (χ1v) is 7.12. The van der Waals surface area contributed by atoms with Gasteiger partial charge in [-0.25, -0.2) is 0 Å². The minimum atomic E-state index is -0.707. The minimum Gasteiger partial charge on any atom is -0.481 e. The Morgan fingerprint density at radius 2 is 1.79 bits per heavy atom. The molecule has 1 aliphatic carbocycles. The van der Waals surface area contributed by atoms with Crippen molar-refractivity contribution < 1.29 is 19.4 Å². The number of carboxylic acid groups (broad SMARTS) is 1. The van der Waals surface area contributed by atoms with E-state index in [2.05, 4.69) is 6.92 Å². The van der Waals surface area contributed by atoms with E-state index in [4.69, 9.17) is 9.84 Å². The van der Waals surface area contributed by atoms with Crippen LogP contribution in [-0.2, 0) is 14.3 Å². The standard InChI is InChI=1S/C15H26O4/c1-5-15(10-12(16)19-14(2,3)4)8-6-11(7-9-15)13(17)18/h11H,5-10H2,1-4H3,(H,17,18). The number of carboxylic acids is 1. The van der Waals surface area contributed by atoms with Gasteiger partial charge in [-0.1, -0.05) is 6.92 Å². The molecule has 1 N–H and O–H groups in total. The van der Waals surface area contributed by atoms with Gasteiger partial charge in [0.05, 0.1) is 12.3 Å². The number of carbonyl (C=O) groups excluding carboxylic acids is 1. The van der Waals surface area contributed by atoms with Crippen LogP contribution >= 0.6 is 0 Å². The maximum absolute atomic E-state index is 12.0. The molecule has 0 bridgehead atoms. The Morgan fingerprint density at radius 1 is 1.26 bits per heavy atom. The van der Waals surface area contributed by atoms with E-state index in [-0.39, 0.29) is 17.3 Å². The highest BCUT2D eigenvalue weighted by atomic mass is 16.6. The van der Waals surface area contributed by atoms with E-state index in [1.807, 2.05) is 20.8 Å². The normalized spacial score (nSPS) is 27.9. The van der Waals surface area contributed by atoms with Crippen molar-refractivity contribution in [3.8, 4) is 0 Å². The molecule has 110 valence electrons. The Kier molecular flexibility index (Phi) is 4.99. The number of aliphatic carboxylic acids is 1. The third kappa shape index (κ3) is 4.84. The predicted octanol–water partition coefficient (Wildman–Crippen LogP) is 3.39. The van der Waals surface area contributed by atoms with Gasteiger partial charge < -0.3 is 9.84 Å². The molecule has 0 heterocycles. The van der Waals surface area contributed by atoms with Gasteiger partial charge in [-0.15, -0.1) is 0 Å². The van der Waals surface area contributed by atoms with Crippen LogP contribution < -0.4 is 0 Å². The lowest BCUT2D eigenvalue weighted by molar-refractivity contribution is -0.158. The Hall–Kier alpha value is -1.06. The molecule has 4 heteroatoms. The van der Waals surface area contributed by atoms with Gasteiger partial charge in [-0.2, -0.15) is 0 Å². The fraction of sp³-hybridized carbons (Fsp3) is 0.867. The molecule has 1 saturated carbocycles. The fourth-order valence-electron chi connectivity index (χ4n) is 2.82. The third-order valence-electron chi connectivity index (χ3n) is 4.08. The summed E-state index contributed by atoms with van der Waals surface area (Å²) in [6, 6.07) is 0. The lowest BCUT2D eigenvalue weighted by atomic mass is 9.67. The average Bonchev–Trinajstić information content (AvgIpc) is 2.26. The van der Waals surface area contributed by atoms with Crippen molar-refractivity contribution in [3.63, 3.8) is 0 Å². The molecule has 1 fully saturated rings. The Bertz CT molecular complexity index is 333. The SMILES string of the molecule is CCC1(CC(=O)OC(C)(C)C)CCC(C(=O)O)CC1. The Balaban J connectivity index is 2.59. The second kappa shape index (κ2) is 5.93. The zero-order chi connectivity index (χ0) is 14.7. The van der Waals surface area contributed by atoms with Crippen molar-refractivity contribution in [2.24, 2.45) is 11.3 Å². The summed E-state index contributed by atoms with van der Waals surface area (Å²) in [6.07, 6.45) is 4.27. The summed E-state index contributed by atoms with van der Waals surface area (Å²) >= 11 is 0. The number of hydrogen-bond acceptors (Lipinski definition) is 3. The fourth-order valence-corrected chi connectivity index (χ4v) is 2.82. The maximum Gasteiger partial charge on any atom is 0.306 e. The first-order valence-electron chi connectivity index (χ1n) is 7.12. The second-order valence-electron chi connectivity index (χ2n) is 6.73. The maximum atomic E-state index is 12.0. The Labute approximate surface area is 115 Å². The highest BCUT2D eigenvalue weighted by Gasteiger charge is 2.38. The molecule has 0 aromatic heterocycles. The van der Waals surface area contributed by atoms with Crippen molar-refractivity contribution in [2.45, 2.75) is 71.8 Å². The van der Waals surface area contributed by atoms with Crippen molar-refractivity contribution in [1.29, 1.82) is 0 Å². The summed E-state index contributed by atoms with van der Waals surface area (Å²) in [4.78, 5) is 22.9. The zero-order valence-corrected chi connectivity index (χ0v) is 12.5. The summed E-state index contributed by atoms with van der Waals surface area (Å²) in [5.74, 6) is -1.11. The largest absolute Gasteiger partial charge is 0.481 e. The van der Waals surface area contributed by atoms with E-state index in [1.165, 1.54) is 0 Å². The summed E-state index contributed by atoms with van der Waals surface area (Å²) in [6.45, 7) is 7.67. The average molecular weight is 270 g/mol. The zero-order valence-electron chi connectivity index (χ0n) is 12.5. The van der Waals surface area contributed by atoms with Gasteiger partial charge in [0.2, 0.25) is 0 Å². The molecule has 0 amide bonds. The highest BCUT2D eigenvalue weighted by Crippen LogP contribution is 2.44. The van der Waals surface area contributed by atoms with Crippen LogP contribution in [0.25, 0.3) is 0 Å². The lowest BCUT2D eigenvalue weighted by Gasteiger charge is -2.38. The molecule has 0 unspecified atom stereocenters. The van der Waals surface area contributed by atoms with E-state index in [1.54, 1.807) is 0 Å². The molecular weight excluding hydrogens is 244 g/mol. The molecule has 0 saturated heterocycles. The van der Waals surface area contributed by atoms with Gasteiger partial charge in [0, 0.05) is 0 Å². The van der Waals surface area contributed by atoms with Crippen LogP contribution in [0.2, 0.25) is 0 Å². The highest BCUT2D eigenvalue weighted by molar-refractivity contribution is 5.71. The lowest BCUT2D eigenvalue weighted by Crippen LogP contribution is -2.34. The van der Waals surface area contributed by atoms with Crippen molar-refractivity contribution in [2.75, 3.05) is 0 Å². The number of hydrogen-bond donors (Lipinski definition) is 1. The number of rotatable bonds is 4. The van der Waals surface area contributed by atoms with Crippen LogP contribution in [0.5, 0.6) is 0 Å². The first-order chi connectivity index (χ1) is 8.67. The molecule has 1 aliphatic rings. The summed E-state index contributed by atoms with van der Waals surface area (Å²) < 4.78 is 5.39. The first kappa shape index (κ1) is 16.0. The molecule has 19 heavy (non-hydrogen) atoms. The Morgan fingerprint density at radius 3 is 2.16 bits per heavy atom.